The van der Waals surface area contributed by atoms with Crippen LogP contribution in [0, 0.1) is 22.7 Å². The van der Waals surface area contributed by atoms with Crippen LogP contribution < -0.4 is 5.32 Å². The first-order valence-corrected chi connectivity index (χ1v) is 9.11. The number of carbonyl (C=O) groups excluding carboxylic acids is 1. The van der Waals surface area contributed by atoms with Crippen molar-refractivity contribution in [3.05, 3.63) is 69.8 Å². The summed E-state index contributed by atoms with van der Waals surface area (Å²) >= 11 is 11.9. The molecular formula is C21H14Cl2N4O. The molecule has 0 unspecified atom stereocenters. The highest BCUT2D eigenvalue weighted by atomic mass is 35.5. The first-order valence-electron chi connectivity index (χ1n) is 8.36. The lowest BCUT2D eigenvalue weighted by atomic mass is 10.1. The zero-order chi connectivity index (χ0) is 20.1. The summed E-state index contributed by atoms with van der Waals surface area (Å²) in [6.07, 6.45) is 3.73. The highest BCUT2D eigenvalue weighted by molar-refractivity contribution is 6.35. The zero-order valence-corrected chi connectivity index (χ0v) is 16.1. The molecule has 0 aliphatic carbocycles. The van der Waals surface area contributed by atoms with Crippen LogP contribution in [-0.4, -0.2) is 10.5 Å². The van der Waals surface area contributed by atoms with Crippen molar-refractivity contribution in [2.45, 2.75) is 13.0 Å². The van der Waals surface area contributed by atoms with E-state index in [0.29, 0.717) is 28.7 Å². The van der Waals surface area contributed by atoms with Gasteiger partial charge in [-0.2, -0.15) is 10.5 Å². The van der Waals surface area contributed by atoms with E-state index in [1.807, 2.05) is 41.1 Å². The predicted octanol–water partition coefficient (Wildman–Crippen LogP) is 5.41. The molecule has 1 aromatic heterocycles. The van der Waals surface area contributed by atoms with Gasteiger partial charge in [-0.1, -0.05) is 41.4 Å². The standard InChI is InChI=1S/C21H14Cl2N4O/c22-16-9-17(23)11-18(10-16)26-21(28)14(12-25)8-15-13-27(7-3-6-24)20-5-2-1-4-19(15)20/h1-2,4-5,8-11,13H,3,7H2,(H,26,28)/b14-8+. The molecule has 3 rings (SSSR count). The molecule has 138 valence electrons. The number of nitrogens with one attached hydrogen (secondary N) is 1. The van der Waals surface area contributed by atoms with Gasteiger partial charge in [-0.3, -0.25) is 4.79 Å². The van der Waals surface area contributed by atoms with Gasteiger partial charge < -0.3 is 9.88 Å². The van der Waals surface area contributed by atoms with Gasteiger partial charge >= 0.3 is 0 Å². The number of anilines is 1. The number of rotatable bonds is 5. The van der Waals surface area contributed by atoms with Crippen molar-refractivity contribution in [3.8, 4) is 12.1 Å². The minimum Gasteiger partial charge on any atom is -0.346 e. The second kappa shape index (κ2) is 8.63. The van der Waals surface area contributed by atoms with E-state index < -0.39 is 5.91 Å². The Morgan fingerprint density at radius 3 is 2.54 bits per heavy atom. The van der Waals surface area contributed by atoms with Gasteiger partial charge in [0.1, 0.15) is 11.6 Å². The van der Waals surface area contributed by atoms with Crippen molar-refractivity contribution < 1.29 is 4.79 Å². The lowest BCUT2D eigenvalue weighted by molar-refractivity contribution is -0.112. The number of para-hydroxylation sites is 1. The number of amides is 1. The lowest BCUT2D eigenvalue weighted by Crippen LogP contribution is -2.13. The third-order valence-electron chi connectivity index (χ3n) is 4.07. The monoisotopic (exact) mass is 408 g/mol. The number of carbonyl (C=O) groups is 1. The van der Waals surface area contributed by atoms with Crippen LogP contribution in [0.5, 0.6) is 0 Å². The van der Waals surface area contributed by atoms with E-state index in [-0.39, 0.29) is 5.57 Å². The molecule has 0 atom stereocenters. The van der Waals surface area contributed by atoms with Crippen molar-refractivity contribution in [3.63, 3.8) is 0 Å². The maximum Gasteiger partial charge on any atom is 0.266 e. The van der Waals surface area contributed by atoms with Crippen LogP contribution in [0.3, 0.4) is 0 Å². The van der Waals surface area contributed by atoms with Crippen LogP contribution in [0.4, 0.5) is 5.69 Å². The number of hydrogen-bond donors (Lipinski definition) is 1. The van der Waals surface area contributed by atoms with Gasteiger partial charge in [-0.15, -0.1) is 0 Å². The third kappa shape index (κ3) is 4.35. The molecule has 1 N–H and O–H groups in total. The Kier molecular flexibility index (Phi) is 6.01. The molecule has 1 amide bonds. The molecule has 0 saturated heterocycles. The molecule has 0 saturated carbocycles. The summed E-state index contributed by atoms with van der Waals surface area (Å²) in [4.78, 5) is 12.5. The Morgan fingerprint density at radius 1 is 1.14 bits per heavy atom. The highest BCUT2D eigenvalue weighted by Gasteiger charge is 2.13. The Bertz CT molecular complexity index is 1150. The van der Waals surface area contributed by atoms with E-state index >= 15 is 0 Å². The minimum absolute atomic E-state index is 0.0562. The van der Waals surface area contributed by atoms with Gasteiger partial charge in [0, 0.05) is 44.9 Å². The zero-order valence-electron chi connectivity index (χ0n) is 14.6. The summed E-state index contributed by atoms with van der Waals surface area (Å²) in [7, 11) is 0. The molecule has 5 nitrogen and oxygen atoms in total. The van der Waals surface area contributed by atoms with E-state index in [4.69, 9.17) is 28.5 Å². The van der Waals surface area contributed by atoms with Crippen LogP contribution in [0.15, 0.2) is 54.2 Å². The van der Waals surface area contributed by atoms with Crippen molar-refractivity contribution in [1.82, 2.24) is 4.57 Å². The summed E-state index contributed by atoms with van der Waals surface area (Å²) in [6.45, 7) is 0.528. The van der Waals surface area contributed by atoms with Crippen molar-refractivity contribution in [1.29, 1.82) is 10.5 Å². The minimum atomic E-state index is -0.560. The molecule has 0 spiro atoms. The van der Waals surface area contributed by atoms with Crippen LogP contribution in [0.25, 0.3) is 17.0 Å². The molecule has 0 aliphatic heterocycles. The SMILES string of the molecule is N#CCCn1cc(/C=C(\C#N)C(=O)Nc2cc(Cl)cc(Cl)c2)c2ccccc21. The van der Waals surface area contributed by atoms with Crippen molar-refractivity contribution in [2.75, 3.05) is 5.32 Å². The van der Waals surface area contributed by atoms with Gasteiger partial charge in [0.2, 0.25) is 0 Å². The van der Waals surface area contributed by atoms with Gasteiger partial charge in [0.05, 0.1) is 12.5 Å². The Labute approximate surface area is 172 Å². The number of nitrogens with zero attached hydrogens (tertiary/aromatic N) is 3. The van der Waals surface area contributed by atoms with E-state index in [2.05, 4.69) is 11.4 Å². The van der Waals surface area contributed by atoms with Crippen LogP contribution >= 0.6 is 23.2 Å². The first kappa shape index (κ1) is 19.5. The largest absolute Gasteiger partial charge is 0.346 e. The molecule has 3 aromatic rings. The number of benzene rings is 2. The maximum atomic E-state index is 12.5. The molecule has 7 heteroatoms. The quantitative estimate of drug-likeness (QED) is 0.452. The number of nitriles is 2. The second-order valence-corrected chi connectivity index (χ2v) is 6.86. The predicted molar refractivity (Wildman–Crippen MR) is 111 cm³/mol. The average molecular weight is 409 g/mol. The van der Waals surface area contributed by atoms with Gasteiger partial charge in [0.25, 0.3) is 5.91 Å². The normalized spacial score (nSPS) is 11.1. The third-order valence-corrected chi connectivity index (χ3v) is 4.51. The lowest BCUT2D eigenvalue weighted by Gasteiger charge is -2.05. The molecule has 0 fully saturated rings. The van der Waals surface area contributed by atoms with Crippen LogP contribution in [-0.2, 0) is 11.3 Å². The van der Waals surface area contributed by atoms with Crippen LogP contribution in [0.2, 0.25) is 10.0 Å². The van der Waals surface area contributed by atoms with E-state index in [9.17, 15) is 10.1 Å². The summed E-state index contributed by atoms with van der Waals surface area (Å²) in [5.41, 5.74) is 2.01. The Morgan fingerprint density at radius 2 is 1.86 bits per heavy atom. The average Bonchev–Trinajstić information content (AvgIpc) is 3.01. The van der Waals surface area contributed by atoms with Crippen molar-refractivity contribution >= 4 is 51.8 Å². The van der Waals surface area contributed by atoms with Gasteiger partial charge in [-0.25, -0.2) is 0 Å². The van der Waals surface area contributed by atoms with E-state index in [0.717, 1.165) is 16.5 Å². The molecule has 2 aromatic carbocycles. The highest BCUT2D eigenvalue weighted by Crippen LogP contribution is 2.25. The summed E-state index contributed by atoms with van der Waals surface area (Å²) in [6, 6.07) is 16.3. The van der Waals surface area contributed by atoms with Crippen molar-refractivity contribution in [2.24, 2.45) is 0 Å². The smallest absolute Gasteiger partial charge is 0.266 e. The summed E-state index contributed by atoms with van der Waals surface area (Å²) in [5.74, 6) is -0.560. The number of hydrogen-bond acceptors (Lipinski definition) is 3. The van der Waals surface area contributed by atoms with Crippen LogP contribution in [0.1, 0.15) is 12.0 Å². The fraction of sp³-hybridized carbons (Fsp3) is 0.0952. The maximum absolute atomic E-state index is 12.5. The van der Waals surface area contributed by atoms with E-state index in [1.165, 1.54) is 6.08 Å². The van der Waals surface area contributed by atoms with E-state index in [1.54, 1.807) is 18.2 Å². The summed E-state index contributed by atoms with van der Waals surface area (Å²) < 4.78 is 1.94. The number of halogens is 2. The molecule has 0 bridgehead atoms. The number of fused-ring (bicyclic) bond motifs is 1. The number of aryl methyl sites for hydroxylation is 1. The topological polar surface area (TPSA) is 81.6 Å². The summed E-state index contributed by atoms with van der Waals surface area (Å²) in [5, 5.41) is 22.6. The molecule has 28 heavy (non-hydrogen) atoms. The molecule has 0 radical (unpaired) electrons. The Hall–Kier alpha value is -3.25. The second-order valence-electron chi connectivity index (χ2n) is 5.99. The first-order chi connectivity index (χ1) is 13.5. The number of aromatic nitrogens is 1. The molecular weight excluding hydrogens is 395 g/mol. The molecule has 1 heterocycles. The Balaban J connectivity index is 1.95. The molecule has 0 aliphatic rings. The van der Waals surface area contributed by atoms with Gasteiger partial charge in [0.15, 0.2) is 0 Å². The fourth-order valence-electron chi connectivity index (χ4n) is 2.87. The van der Waals surface area contributed by atoms with Gasteiger partial charge in [-0.05, 0) is 30.3 Å². The fourth-order valence-corrected chi connectivity index (χ4v) is 3.40.